The average molecular weight is 1010 g/mol. The van der Waals surface area contributed by atoms with Crippen LogP contribution in [0.15, 0.2) is 24.3 Å². The van der Waals surface area contributed by atoms with Gasteiger partial charge in [0, 0.05) is 50.4 Å². The summed E-state index contributed by atoms with van der Waals surface area (Å²) in [5, 5.41) is 15.4. The van der Waals surface area contributed by atoms with E-state index in [1.54, 1.807) is 21.6 Å². The zero-order valence-electron chi connectivity index (χ0n) is 43.3. The third-order valence-electron chi connectivity index (χ3n) is 11.4. The van der Waals surface area contributed by atoms with E-state index >= 15 is 0 Å². The largest absolute Gasteiger partial charge is 0.462 e. The number of ether oxygens (including phenoxy) is 3. The Morgan fingerprint density at radius 3 is 1.41 bits per heavy atom. The van der Waals surface area contributed by atoms with Crippen molar-refractivity contribution < 1.29 is 38.2 Å². The van der Waals surface area contributed by atoms with Gasteiger partial charge in [0.2, 0.25) is 11.8 Å². The van der Waals surface area contributed by atoms with E-state index in [1.165, 1.54) is 89.9 Å². The Labute approximate surface area is 426 Å². The van der Waals surface area contributed by atoms with Crippen molar-refractivity contribution in [2.75, 3.05) is 44.4 Å². The van der Waals surface area contributed by atoms with E-state index < -0.39 is 24.1 Å². The lowest BCUT2D eigenvalue weighted by atomic mass is 10.1. The number of unbranched alkanes of at least 4 members (excludes halogenated alkanes) is 22. The number of esters is 3. The number of guanidine groups is 1. The van der Waals surface area contributed by atoms with Crippen LogP contribution >= 0.6 is 21.6 Å². The molecule has 2 amide bonds. The molecule has 0 saturated heterocycles. The number of carbonyl (C=O) groups is 5. The number of allylic oxidation sites excluding steroid dienone is 4. The summed E-state index contributed by atoms with van der Waals surface area (Å²) in [5.41, 5.74) is 11.2. The summed E-state index contributed by atoms with van der Waals surface area (Å²) < 4.78 is 16.5. The summed E-state index contributed by atoms with van der Waals surface area (Å²) >= 11 is 0. The van der Waals surface area contributed by atoms with Gasteiger partial charge in [0.25, 0.3) is 0 Å². The first-order valence-electron chi connectivity index (χ1n) is 27.0. The average Bonchev–Trinajstić information content (AvgIpc) is 3.33. The Morgan fingerprint density at radius 2 is 0.928 bits per heavy atom. The highest BCUT2D eigenvalue weighted by Crippen LogP contribution is 2.19. The maximum absolute atomic E-state index is 12.8. The molecule has 0 fully saturated rings. The SMILES string of the molecule is CCCCCCCC/C=C\CCCCCCCC(=O)OC[C@H](COC(=O)CCC(=O)NCCSSCCNC(=O)C(N)CCCNC(=N)N)OC(=O)CCCCCCC/C=C\CCCCCCCC. The molecule has 0 radical (unpaired) electrons. The number of carbonyl (C=O) groups excluding carboxylic acids is 5. The lowest BCUT2D eigenvalue weighted by Crippen LogP contribution is -2.42. The highest BCUT2D eigenvalue weighted by Gasteiger charge is 2.20. The lowest BCUT2D eigenvalue weighted by Gasteiger charge is -2.18. The molecule has 0 aliphatic heterocycles. The topological polar surface area (TPSA) is 225 Å². The second-order valence-electron chi connectivity index (χ2n) is 18.0. The van der Waals surface area contributed by atoms with Crippen LogP contribution in [-0.4, -0.2) is 92.2 Å². The minimum absolute atomic E-state index is 0.0569. The van der Waals surface area contributed by atoms with Gasteiger partial charge in [-0.2, -0.15) is 0 Å². The predicted octanol–water partition coefficient (Wildman–Crippen LogP) is 11.0. The number of nitrogens with one attached hydrogen (secondary N) is 4. The Morgan fingerprint density at radius 1 is 0.507 bits per heavy atom. The van der Waals surface area contributed by atoms with Gasteiger partial charge in [-0.15, -0.1) is 0 Å². The Balaban J connectivity index is 4.52. The van der Waals surface area contributed by atoms with Crippen molar-refractivity contribution in [1.82, 2.24) is 16.0 Å². The highest BCUT2D eigenvalue weighted by molar-refractivity contribution is 8.76. The Hall–Kier alpha value is -3.24. The Bertz CT molecular complexity index is 1360. The monoisotopic (exact) mass is 1010 g/mol. The molecule has 0 aliphatic carbocycles. The number of rotatable bonds is 50. The smallest absolute Gasteiger partial charge is 0.306 e. The molecule has 8 N–H and O–H groups in total. The number of hydrogen-bond acceptors (Lipinski definition) is 12. The van der Waals surface area contributed by atoms with E-state index in [4.69, 9.17) is 31.1 Å². The summed E-state index contributed by atoms with van der Waals surface area (Å²) in [5.74, 6) is -0.719. The van der Waals surface area contributed by atoms with Gasteiger partial charge >= 0.3 is 17.9 Å². The fourth-order valence-electron chi connectivity index (χ4n) is 7.23. The van der Waals surface area contributed by atoms with Crippen molar-refractivity contribution in [3.05, 3.63) is 24.3 Å². The summed E-state index contributed by atoms with van der Waals surface area (Å²) in [7, 11) is 3.12. The second-order valence-corrected chi connectivity index (χ2v) is 20.7. The zero-order chi connectivity index (χ0) is 50.7. The molecule has 0 aromatic carbocycles. The van der Waals surface area contributed by atoms with Gasteiger partial charge in [-0.3, -0.25) is 29.4 Å². The first-order valence-corrected chi connectivity index (χ1v) is 29.5. The third-order valence-corrected chi connectivity index (χ3v) is 13.8. The summed E-state index contributed by atoms with van der Waals surface area (Å²) in [6.45, 7) is 5.38. The molecule has 0 bridgehead atoms. The molecule has 0 aromatic rings. The van der Waals surface area contributed by atoms with Crippen LogP contribution in [0.25, 0.3) is 0 Å². The minimum atomic E-state index is -0.933. The van der Waals surface area contributed by atoms with Gasteiger partial charge in [0.15, 0.2) is 12.1 Å². The van der Waals surface area contributed by atoms with Crippen molar-refractivity contribution >= 4 is 57.3 Å². The Kier molecular flexibility index (Phi) is 48.7. The predicted molar refractivity (Wildman–Crippen MR) is 288 cm³/mol. The van der Waals surface area contributed by atoms with Gasteiger partial charge in [0.05, 0.1) is 12.5 Å². The van der Waals surface area contributed by atoms with Crippen LogP contribution < -0.4 is 27.4 Å². The van der Waals surface area contributed by atoms with E-state index in [1.807, 2.05) is 0 Å². The van der Waals surface area contributed by atoms with Crippen molar-refractivity contribution in [1.29, 1.82) is 5.41 Å². The highest BCUT2D eigenvalue weighted by atomic mass is 33.1. The molecule has 14 nitrogen and oxygen atoms in total. The molecule has 0 saturated carbocycles. The molecule has 16 heteroatoms. The maximum Gasteiger partial charge on any atom is 0.306 e. The van der Waals surface area contributed by atoms with Crippen LogP contribution in [0, 0.1) is 5.41 Å². The molecule has 0 aliphatic rings. The molecular formula is C53H98N6O8S2. The maximum atomic E-state index is 12.8. The van der Waals surface area contributed by atoms with Gasteiger partial charge in [-0.1, -0.05) is 162 Å². The van der Waals surface area contributed by atoms with E-state index in [9.17, 15) is 24.0 Å². The second kappa shape index (κ2) is 51.1. The molecule has 0 spiro atoms. The molecule has 0 rings (SSSR count). The molecule has 69 heavy (non-hydrogen) atoms. The normalized spacial score (nSPS) is 12.2. The van der Waals surface area contributed by atoms with Gasteiger partial charge < -0.3 is 41.6 Å². The fourth-order valence-corrected chi connectivity index (χ4v) is 9.05. The number of hydrogen-bond donors (Lipinski definition) is 6. The van der Waals surface area contributed by atoms with Crippen LogP contribution in [0.5, 0.6) is 0 Å². The molecule has 0 aromatic heterocycles. The first-order chi connectivity index (χ1) is 33.6. The molecular weight excluding hydrogens is 913 g/mol. The van der Waals surface area contributed by atoms with Gasteiger partial charge in [-0.05, 0) is 77.0 Å². The van der Waals surface area contributed by atoms with Crippen LogP contribution in [0.3, 0.4) is 0 Å². The van der Waals surface area contributed by atoms with Crippen LogP contribution in [0.4, 0.5) is 0 Å². The summed E-state index contributed by atoms with van der Waals surface area (Å²) in [6.07, 6.45) is 40.0. The zero-order valence-corrected chi connectivity index (χ0v) is 44.9. The summed E-state index contributed by atoms with van der Waals surface area (Å²) in [6, 6.07) is -0.624. The van der Waals surface area contributed by atoms with E-state index in [2.05, 4.69) is 54.1 Å². The molecule has 1 unspecified atom stereocenters. The van der Waals surface area contributed by atoms with Crippen molar-refractivity contribution in [2.24, 2.45) is 11.5 Å². The van der Waals surface area contributed by atoms with E-state index in [0.717, 1.165) is 70.6 Å². The van der Waals surface area contributed by atoms with Crippen LogP contribution in [0.2, 0.25) is 0 Å². The number of amides is 2. The van der Waals surface area contributed by atoms with Crippen molar-refractivity contribution in [3.8, 4) is 0 Å². The quantitative estimate of drug-likeness (QED) is 0.00635. The lowest BCUT2D eigenvalue weighted by molar-refractivity contribution is -0.167. The van der Waals surface area contributed by atoms with Gasteiger partial charge in [0.1, 0.15) is 13.2 Å². The van der Waals surface area contributed by atoms with Crippen LogP contribution in [-0.2, 0) is 38.2 Å². The van der Waals surface area contributed by atoms with E-state index in [0.29, 0.717) is 50.4 Å². The van der Waals surface area contributed by atoms with Crippen molar-refractivity contribution in [2.45, 2.75) is 231 Å². The molecule has 400 valence electrons. The minimum Gasteiger partial charge on any atom is -0.462 e. The van der Waals surface area contributed by atoms with Crippen LogP contribution in [0.1, 0.15) is 219 Å². The van der Waals surface area contributed by atoms with Crippen molar-refractivity contribution in [3.63, 3.8) is 0 Å². The molecule has 0 heterocycles. The third kappa shape index (κ3) is 49.5. The summed E-state index contributed by atoms with van der Waals surface area (Å²) in [4.78, 5) is 62.6. The van der Waals surface area contributed by atoms with Gasteiger partial charge in [-0.25, -0.2) is 0 Å². The standard InChI is InChI=1S/C53H98N6O8S2/c1-3-5-7-9-11-13-15-17-19-21-23-25-27-29-31-35-49(61)65-44-46(67-51(63)36-32-30-28-26-24-22-20-18-16-14-12-10-8-6-4-2)45-66-50(62)38-37-48(60)57-40-42-68-69-43-41-58-52(64)47(54)34-33-39-59-53(55)56/h17-20,46-47H,3-16,21-45,54H2,1-2H3,(H,57,60)(H,58,64)(H4,55,56,59)/b19-17-,20-18-/t46-,47?/m1/s1. The number of nitrogens with two attached hydrogens (primary N) is 2. The first kappa shape index (κ1) is 65.8. The van der Waals surface area contributed by atoms with E-state index in [-0.39, 0.29) is 62.6 Å². The molecule has 2 atom stereocenters. The fraction of sp³-hybridized carbons (Fsp3) is 0.811.